The number of aromatic nitrogens is 2. The van der Waals surface area contributed by atoms with Gasteiger partial charge >= 0.3 is 6.61 Å². The topological polar surface area (TPSA) is 65.4 Å². The largest absolute Gasteiger partial charge is 0.471 e. The summed E-state index contributed by atoms with van der Waals surface area (Å²) in [5.41, 5.74) is 0.157. The molecule has 1 aromatic heterocycles. The summed E-state index contributed by atoms with van der Waals surface area (Å²) in [5, 5.41) is 6.52. The normalized spacial score (nSPS) is 10.7. The molecule has 0 aliphatic heterocycles. The lowest BCUT2D eigenvalue weighted by molar-refractivity contribution is -0.0493. The van der Waals surface area contributed by atoms with Gasteiger partial charge in [0.1, 0.15) is 17.3 Å². The first kappa shape index (κ1) is 18.3. The summed E-state index contributed by atoms with van der Waals surface area (Å²) in [6, 6.07) is 12.7. The van der Waals surface area contributed by atoms with E-state index < -0.39 is 12.5 Å². The molecule has 3 aromatic rings. The van der Waals surface area contributed by atoms with Gasteiger partial charge < -0.3 is 14.8 Å². The van der Waals surface area contributed by atoms with Crippen molar-refractivity contribution in [3.8, 4) is 11.5 Å². The van der Waals surface area contributed by atoms with Crippen LogP contribution < -0.4 is 14.8 Å². The third kappa shape index (κ3) is 5.00. The number of amides is 1. The summed E-state index contributed by atoms with van der Waals surface area (Å²) < 4.78 is 48.8. The molecule has 0 saturated heterocycles. The minimum absolute atomic E-state index is 0.00396. The number of hydrogen-bond acceptors (Lipinski definition) is 4. The first-order valence-electron chi connectivity index (χ1n) is 7.78. The van der Waals surface area contributed by atoms with Gasteiger partial charge in [-0.25, -0.2) is 9.07 Å². The predicted octanol–water partition coefficient (Wildman–Crippen LogP) is 3.91. The Labute approximate surface area is 152 Å². The molecule has 0 bridgehead atoms. The molecule has 1 heterocycles. The second-order valence-electron chi connectivity index (χ2n) is 5.30. The molecule has 2 aromatic carbocycles. The molecular weight excluding hydrogens is 363 g/mol. The van der Waals surface area contributed by atoms with E-state index in [9.17, 15) is 18.0 Å². The molecule has 1 amide bonds. The molecule has 0 spiro atoms. The molecule has 3 rings (SSSR count). The van der Waals surface area contributed by atoms with Gasteiger partial charge in [0.2, 0.25) is 0 Å². The second kappa shape index (κ2) is 8.26. The van der Waals surface area contributed by atoms with Crippen LogP contribution in [0.25, 0.3) is 0 Å². The Bertz CT molecular complexity index is 913. The number of anilines is 1. The highest BCUT2D eigenvalue weighted by Gasteiger charge is 2.14. The zero-order valence-electron chi connectivity index (χ0n) is 13.8. The van der Waals surface area contributed by atoms with Gasteiger partial charge in [0.25, 0.3) is 5.91 Å². The van der Waals surface area contributed by atoms with Crippen molar-refractivity contribution in [3.63, 3.8) is 0 Å². The lowest BCUT2D eigenvalue weighted by atomic mass is 10.3. The second-order valence-corrected chi connectivity index (χ2v) is 5.30. The number of rotatable bonds is 7. The van der Waals surface area contributed by atoms with E-state index in [2.05, 4.69) is 15.2 Å². The lowest BCUT2D eigenvalue weighted by Crippen LogP contribution is -2.15. The van der Waals surface area contributed by atoms with Crippen molar-refractivity contribution in [2.45, 2.75) is 13.3 Å². The summed E-state index contributed by atoms with van der Waals surface area (Å²) in [7, 11) is 0. The predicted molar refractivity (Wildman–Crippen MR) is 90.3 cm³/mol. The Morgan fingerprint density at radius 1 is 1.11 bits per heavy atom. The maximum Gasteiger partial charge on any atom is 0.387 e. The van der Waals surface area contributed by atoms with E-state index in [1.165, 1.54) is 59.4 Å². The third-order valence-electron chi connectivity index (χ3n) is 3.40. The highest BCUT2D eigenvalue weighted by Crippen LogP contribution is 2.25. The zero-order valence-corrected chi connectivity index (χ0v) is 13.8. The fourth-order valence-electron chi connectivity index (χ4n) is 2.18. The summed E-state index contributed by atoms with van der Waals surface area (Å²) in [4.78, 5) is 12.3. The molecule has 0 aliphatic rings. The number of nitrogens with zero attached hydrogens (tertiary/aromatic N) is 2. The Morgan fingerprint density at radius 2 is 1.85 bits per heavy atom. The number of halogens is 3. The standard InChI is InChI=1S/C18H14F3N3O3/c19-12-5-7-13(8-6-12)26-11-24-10-9-15(23-24)17(25)22-14-3-1-2-4-16(14)27-18(20)21/h1-10,18H,11H2,(H,22,25). The van der Waals surface area contributed by atoms with Crippen LogP contribution in [-0.4, -0.2) is 22.3 Å². The van der Waals surface area contributed by atoms with E-state index in [1.807, 2.05) is 0 Å². The first-order chi connectivity index (χ1) is 13.0. The zero-order chi connectivity index (χ0) is 19.2. The van der Waals surface area contributed by atoms with E-state index in [1.54, 1.807) is 6.07 Å². The van der Waals surface area contributed by atoms with Gasteiger partial charge in [-0.05, 0) is 42.5 Å². The average molecular weight is 377 g/mol. The average Bonchev–Trinajstić information content (AvgIpc) is 3.12. The Hall–Kier alpha value is -3.49. The van der Waals surface area contributed by atoms with Crippen molar-refractivity contribution in [2.75, 3.05) is 5.32 Å². The van der Waals surface area contributed by atoms with Crippen molar-refractivity contribution in [3.05, 3.63) is 72.3 Å². The molecule has 0 unspecified atom stereocenters. The van der Waals surface area contributed by atoms with Crippen LogP contribution in [0.2, 0.25) is 0 Å². The number of nitrogens with one attached hydrogen (secondary N) is 1. The Kier molecular flexibility index (Phi) is 5.60. The van der Waals surface area contributed by atoms with Crippen molar-refractivity contribution in [2.24, 2.45) is 0 Å². The third-order valence-corrected chi connectivity index (χ3v) is 3.40. The molecule has 0 fully saturated rings. The van der Waals surface area contributed by atoms with Crippen LogP contribution in [0, 0.1) is 5.82 Å². The molecule has 140 valence electrons. The van der Waals surface area contributed by atoms with Crippen LogP contribution in [0.5, 0.6) is 11.5 Å². The summed E-state index contributed by atoms with van der Waals surface area (Å²) in [5.74, 6) is -0.687. The van der Waals surface area contributed by atoms with E-state index in [0.29, 0.717) is 5.75 Å². The molecule has 1 N–H and O–H groups in total. The number of carbonyl (C=O) groups excluding carboxylic acids is 1. The van der Waals surface area contributed by atoms with Gasteiger partial charge in [0.05, 0.1) is 5.69 Å². The maximum atomic E-state index is 12.9. The summed E-state index contributed by atoms with van der Waals surface area (Å²) >= 11 is 0. The monoisotopic (exact) mass is 377 g/mol. The molecule has 0 radical (unpaired) electrons. The number of alkyl halides is 2. The van der Waals surface area contributed by atoms with Crippen LogP contribution in [0.1, 0.15) is 10.5 Å². The van der Waals surface area contributed by atoms with E-state index in [0.717, 1.165) is 0 Å². The molecule has 0 aliphatic carbocycles. The number of para-hydroxylation sites is 2. The molecular formula is C18H14F3N3O3. The smallest absolute Gasteiger partial charge is 0.387 e. The van der Waals surface area contributed by atoms with Crippen LogP contribution in [0.15, 0.2) is 60.8 Å². The van der Waals surface area contributed by atoms with Gasteiger partial charge in [-0.3, -0.25) is 4.79 Å². The van der Waals surface area contributed by atoms with Crippen LogP contribution in [0.3, 0.4) is 0 Å². The van der Waals surface area contributed by atoms with Gasteiger partial charge in [-0.15, -0.1) is 0 Å². The van der Waals surface area contributed by atoms with Crippen molar-refractivity contribution < 1.29 is 27.4 Å². The van der Waals surface area contributed by atoms with E-state index in [-0.39, 0.29) is 29.7 Å². The van der Waals surface area contributed by atoms with Crippen molar-refractivity contribution >= 4 is 11.6 Å². The highest BCUT2D eigenvalue weighted by molar-refractivity contribution is 6.03. The molecule has 9 heteroatoms. The van der Waals surface area contributed by atoms with E-state index >= 15 is 0 Å². The number of benzene rings is 2. The van der Waals surface area contributed by atoms with Gasteiger partial charge in [0, 0.05) is 6.20 Å². The minimum Gasteiger partial charge on any atom is -0.471 e. The summed E-state index contributed by atoms with van der Waals surface area (Å²) in [6.45, 7) is -3.00. The molecule has 27 heavy (non-hydrogen) atoms. The maximum absolute atomic E-state index is 12.9. The van der Waals surface area contributed by atoms with Gasteiger partial charge in [-0.1, -0.05) is 12.1 Å². The van der Waals surface area contributed by atoms with Gasteiger partial charge in [0.15, 0.2) is 12.4 Å². The fourth-order valence-corrected chi connectivity index (χ4v) is 2.18. The molecule has 6 nitrogen and oxygen atoms in total. The quantitative estimate of drug-likeness (QED) is 0.678. The van der Waals surface area contributed by atoms with Crippen LogP contribution in [-0.2, 0) is 6.73 Å². The Balaban J connectivity index is 1.62. The van der Waals surface area contributed by atoms with Crippen molar-refractivity contribution in [1.29, 1.82) is 0 Å². The highest BCUT2D eigenvalue weighted by atomic mass is 19.3. The minimum atomic E-state index is -3.01. The number of hydrogen-bond donors (Lipinski definition) is 1. The van der Waals surface area contributed by atoms with Crippen LogP contribution >= 0.6 is 0 Å². The van der Waals surface area contributed by atoms with Crippen LogP contribution in [0.4, 0.5) is 18.9 Å². The number of carbonyl (C=O) groups is 1. The first-order valence-corrected chi connectivity index (χ1v) is 7.78. The van der Waals surface area contributed by atoms with Crippen molar-refractivity contribution in [1.82, 2.24) is 9.78 Å². The lowest BCUT2D eigenvalue weighted by Gasteiger charge is -2.10. The SMILES string of the molecule is O=C(Nc1ccccc1OC(F)F)c1ccn(COc2ccc(F)cc2)n1. The van der Waals surface area contributed by atoms with E-state index in [4.69, 9.17) is 4.74 Å². The molecule has 0 saturated carbocycles. The summed E-state index contributed by atoms with van der Waals surface area (Å²) in [6.07, 6.45) is 1.51. The molecule has 0 atom stereocenters. The fraction of sp³-hybridized carbons (Fsp3) is 0.111. The van der Waals surface area contributed by atoms with Gasteiger partial charge in [-0.2, -0.15) is 13.9 Å². The number of ether oxygens (including phenoxy) is 2. The Morgan fingerprint density at radius 3 is 2.59 bits per heavy atom.